The lowest BCUT2D eigenvalue weighted by atomic mass is 9.84. The highest BCUT2D eigenvalue weighted by Crippen LogP contribution is 2.55. The van der Waals surface area contributed by atoms with Crippen LogP contribution in [0.25, 0.3) is 0 Å². The van der Waals surface area contributed by atoms with Crippen LogP contribution in [-0.4, -0.2) is 11.1 Å². The van der Waals surface area contributed by atoms with Crippen LogP contribution in [0.15, 0.2) is 36.4 Å². The average Bonchev–Trinajstić information content (AvgIpc) is 3.20. The number of benzene rings is 2. The molecule has 2 aromatic rings. The fourth-order valence-electron chi connectivity index (χ4n) is 3.67. The average molecular weight is 278 g/mol. The van der Waals surface area contributed by atoms with Crippen molar-refractivity contribution >= 4 is 5.97 Å². The van der Waals surface area contributed by atoms with E-state index in [0.29, 0.717) is 5.56 Å². The van der Waals surface area contributed by atoms with Crippen LogP contribution in [0.2, 0.25) is 0 Å². The highest BCUT2D eigenvalue weighted by molar-refractivity contribution is 5.88. The van der Waals surface area contributed by atoms with Crippen LogP contribution < -0.4 is 0 Å². The number of rotatable bonds is 2. The number of carbonyl (C=O) groups is 1. The van der Waals surface area contributed by atoms with Crippen LogP contribution in [0, 0.1) is 0 Å². The number of carboxylic acids is 1. The molecule has 1 N–H and O–H groups in total. The Morgan fingerprint density at radius 2 is 1.62 bits per heavy atom. The van der Waals surface area contributed by atoms with Crippen LogP contribution in [0.5, 0.6) is 0 Å². The first-order valence-electron chi connectivity index (χ1n) is 7.39. The van der Waals surface area contributed by atoms with Crippen molar-refractivity contribution in [3.8, 4) is 0 Å². The molecule has 0 saturated heterocycles. The maximum absolute atomic E-state index is 11.2. The van der Waals surface area contributed by atoms with Gasteiger partial charge in [0, 0.05) is 0 Å². The Labute approximate surface area is 122 Å². The van der Waals surface area contributed by atoms with Crippen molar-refractivity contribution in [2.45, 2.75) is 31.0 Å². The largest absolute Gasteiger partial charge is 0.478 e. The van der Waals surface area contributed by atoms with Crippen LogP contribution in [0.1, 0.15) is 69.1 Å². The summed E-state index contributed by atoms with van der Waals surface area (Å²) in [5, 5.41) is 9.17. The molecular weight excluding hydrogens is 264 g/mol. The van der Waals surface area contributed by atoms with Crippen LogP contribution in [-0.2, 0) is 4.74 Å². The minimum Gasteiger partial charge on any atom is -0.478 e. The second-order valence-corrected chi connectivity index (χ2v) is 6.21. The molecule has 1 aliphatic carbocycles. The van der Waals surface area contributed by atoms with Crippen molar-refractivity contribution < 1.29 is 14.6 Å². The zero-order valence-electron chi connectivity index (χ0n) is 11.4. The summed E-state index contributed by atoms with van der Waals surface area (Å²) in [5.74, 6) is -0.160. The summed E-state index contributed by atoms with van der Waals surface area (Å²) >= 11 is 0. The van der Waals surface area contributed by atoms with Gasteiger partial charge in [-0.15, -0.1) is 0 Å². The zero-order valence-corrected chi connectivity index (χ0v) is 11.4. The Kier molecular flexibility index (Phi) is 2.05. The highest BCUT2D eigenvalue weighted by Gasteiger charge is 2.43. The molecule has 5 rings (SSSR count). The molecule has 0 spiro atoms. The van der Waals surface area contributed by atoms with E-state index in [4.69, 9.17) is 9.84 Å². The fraction of sp³-hybridized carbons (Fsp3) is 0.278. The van der Waals surface area contributed by atoms with E-state index in [1.807, 2.05) is 6.07 Å². The Morgan fingerprint density at radius 3 is 2.33 bits per heavy atom. The van der Waals surface area contributed by atoms with Crippen LogP contribution in [0.4, 0.5) is 0 Å². The number of hydrogen-bond acceptors (Lipinski definition) is 2. The monoisotopic (exact) mass is 278 g/mol. The van der Waals surface area contributed by atoms with Gasteiger partial charge in [0.25, 0.3) is 0 Å². The van der Waals surface area contributed by atoms with E-state index in [9.17, 15) is 4.79 Å². The molecule has 2 aliphatic heterocycles. The van der Waals surface area contributed by atoms with Crippen LogP contribution >= 0.6 is 0 Å². The zero-order chi connectivity index (χ0) is 14.1. The van der Waals surface area contributed by atoms with Crippen LogP contribution in [0.3, 0.4) is 0 Å². The number of fused-ring (bicyclic) bond motifs is 8. The summed E-state index contributed by atoms with van der Waals surface area (Å²) in [6.45, 7) is 0. The highest BCUT2D eigenvalue weighted by atomic mass is 16.5. The lowest BCUT2D eigenvalue weighted by Crippen LogP contribution is -2.06. The van der Waals surface area contributed by atoms with Gasteiger partial charge < -0.3 is 9.84 Å². The van der Waals surface area contributed by atoms with Gasteiger partial charge in [0.2, 0.25) is 0 Å². The van der Waals surface area contributed by atoms with Crippen molar-refractivity contribution in [2.24, 2.45) is 0 Å². The van der Waals surface area contributed by atoms with E-state index >= 15 is 0 Å². The van der Waals surface area contributed by atoms with Crippen molar-refractivity contribution in [1.82, 2.24) is 0 Å². The molecule has 1 saturated carbocycles. The van der Waals surface area contributed by atoms with E-state index in [1.165, 1.54) is 29.5 Å². The topological polar surface area (TPSA) is 46.5 Å². The lowest BCUT2D eigenvalue weighted by Gasteiger charge is -2.17. The van der Waals surface area contributed by atoms with Gasteiger partial charge in [0.1, 0.15) is 12.2 Å². The molecule has 3 nitrogen and oxygen atoms in total. The first kappa shape index (κ1) is 11.5. The molecule has 0 unspecified atom stereocenters. The second kappa shape index (κ2) is 3.74. The molecule has 3 aliphatic rings. The van der Waals surface area contributed by atoms with E-state index in [1.54, 1.807) is 12.1 Å². The standard InChI is InChI=1S/C18H14O3/c19-18(20)11-4-6-13-15(8-11)17-14-7-10(9-1-2-9)3-5-12(14)16(13)21-17/h3-9,16-17H,1-2H2,(H,19,20)/t16-,17+/m0/s1. The Bertz CT molecular complexity index is 789. The third-order valence-corrected chi connectivity index (χ3v) is 4.90. The normalized spacial score (nSPS) is 24.8. The van der Waals surface area contributed by atoms with Gasteiger partial charge in [-0.3, -0.25) is 0 Å². The van der Waals surface area contributed by atoms with E-state index in [0.717, 1.165) is 17.0 Å². The summed E-state index contributed by atoms with van der Waals surface area (Å²) < 4.78 is 6.11. The maximum Gasteiger partial charge on any atom is 0.335 e. The number of carboxylic acid groups (broad SMARTS) is 1. The van der Waals surface area contributed by atoms with E-state index < -0.39 is 5.97 Å². The molecule has 2 aromatic carbocycles. The van der Waals surface area contributed by atoms with Gasteiger partial charge in [-0.05, 0) is 58.7 Å². The van der Waals surface area contributed by atoms with E-state index in [2.05, 4.69) is 18.2 Å². The SMILES string of the molecule is O=C(O)c1ccc2c(c1)[C@@H]1O[C@H]2c2ccc(C3CC3)cc21. The summed E-state index contributed by atoms with van der Waals surface area (Å²) in [7, 11) is 0. The third-order valence-electron chi connectivity index (χ3n) is 4.90. The molecule has 21 heavy (non-hydrogen) atoms. The molecule has 0 aromatic heterocycles. The molecule has 2 heterocycles. The van der Waals surface area contributed by atoms with Crippen molar-refractivity contribution in [1.29, 1.82) is 0 Å². The van der Waals surface area contributed by atoms with Gasteiger partial charge >= 0.3 is 5.97 Å². The maximum atomic E-state index is 11.2. The molecule has 3 heteroatoms. The molecule has 2 bridgehead atoms. The third kappa shape index (κ3) is 1.49. The lowest BCUT2D eigenvalue weighted by molar-refractivity contribution is 0.0696. The Balaban J connectivity index is 1.65. The predicted octanol–water partition coefficient (Wildman–Crippen LogP) is 3.78. The molecule has 0 amide bonds. The molecule has 0 radical (unpaired) electrons. The smallest absolute Gasteiger partial charge is 0.335 e. The minimum absolute atomic E-state index is 0.0175. The van der Waals surface area contributed by atoms with Crippen molar-refractivity contribution in [3.63, 3.8) is 0 Å². The molecular formula is C18H14O3. The molecule has 2 atom stereocenters. The quantitative estimate of drug-likeness (QED) is 0.909. The van der Waals surface area contributed by atoms with E-state index in [-0.39, 0.29) is 12.2 Å². The minimum atomic E-state index is -0.882. The Morgan fingerprint density at radius 1 is 0.952 bits per heavy atom. The predicted molar refractivity (Wildman–Crippen MR) is 76.6 cm³/mol. The number of hydrogen-bond donors (Lipinski definition) is 1. The summed E-state index contributed by atoms with van der Waals surface area (Å²) in [5.41, 5.74) is 6.38. The van der Waals surface area contributed by atoms with Crippen molar-refractivity contribution in [2.75, 3.05) is 0 Å². The summed E-state index contributed by atoms with van der Waals surface area (Å²) in [6.07, 6.45) is 2.47. The molecule has 1 fully saturated rings. The Hall–Kier alpha value is -2.13. The van der Waals surface area contributed by atoms with Crippen molar-refractivity contribution in [3.05, 3.63) is 69.8 Å². The number of aromatic carboxylic acids is 1. The van der Waals surface area contributed by atoms with Gasteiger partial charge in [-0.1, -0.05) is 24.3 Å². The summed E-state index contributed by atoms with van der Waals surface area (Å²) in [4.78, 5) is 11.2. The fourth-order valence-corrected chi connectivity index (χ4v) is 3.67. The molecule has 104 valence electrons. The first-order chi connectivity index (χ1) is 10.2. The second-order valence-electron chi connectivity index (χ2n) is 6.21. The van der Waals surface area contributed by atoms with Gasteiger partial charge in [0.15, 0.2) is 0 Å². The van der Waals surface area contributed by atoms with Gasteiger partial charge in [-0.2, -0.15) is 0 Å². The van der Waals surface area contributed by atoms with Gasteiger partial charge in [0.05, 0.1) is 5.56 Å². The number of ether oxygens (including phenoxy) is 1. The first-order valence-corrected chi connectivity index (χ1v) is 7.39. The summed E-state index contributed by atoms with van der Waals surface area (Å²) in [6, 6.07) is 12.0. The van der Waals surface area contributed by atoms with Gasteiger partial charge in [-0.25, -0.2) is 4.79 Å².